The smallest absolute Gasteiger partial charge is 0.326 e. The molecule has 0 saturated heterocycles. The summed E-state index contributed by atoms with van der Waals surface area (Å²) in [6.45, 7) is 0.506. The van der Waals surface area contributed by atoms with E-state index in [-0.39, 0.29) is 6.03 Å². The molecule has 2 N–H and O–H groups in total. The molecule has 4 aromatic rings. The number of H-pyrrole nitrogens is 1. The van der Waals surface area contributed by atoms with E-state index in [0.717, 1.165) is 27.6 Å². The zero-order valence-corrected chi connectivity index (χ0v) is 12.9. The number of carbonyl (C=O) groups is 1. The van der Waals surface area contributed by atoms with Gasteiger partial charge in [0.25, 0.3) is 0 Å². The van der Waals surface area contributed by atoms with Crippen molar-refractivity contribution in [3.63, 3.8) is 0 Å². The zero-order chi connectivity index (χ0) is 16.4. The topological polar surface area (TPSA) is 62.7 Å². The highest BCUT2D eigenvalue weighted by atomic mass is 16.2. The van der Waals surface area contributed by atoms with Gasteiger partial charge in [0.1, 0.15) is 0 Å². The fourth-order valence-corrected chi connectivity index (χ4v) is 2.77. The zero-order valence-electron chi connectivity index (χ0n) is 12.9. The molecule has 0 aliphatic heterocycles. The van der Waals surface area contributed by atoms with Gasteiger partial charge in [0.2, 0.25) is 0 Å². The average molecular weight is 316 g/mol. The van der Waals surface area contributed by atoms with Crippen molar-refractivity contribution < 1.29 is 4.79 Å². The van der Waals surface area contributed by atoms with Crippen molar-refractivity contribution in [2.45, 2.75) is 6.54 Å². The molecule has 0 fully saturated rings. The molecule has 0 aliphatic carbocycles. The van der Waals surface area contributed by atoms with Crippen molar-refractivity contribution in [2.75, 3.05) is 0 Å². The molecular formula is C19H16N4O. The number of aromatic amines is 1. The summed E-state index contributed by atoms with van der Waals surface area (Å²) in [6, 6.07) is 17.7. The van der Waals surface area contributed by atoms with E-state index in [4.69, 9.17) is 0 Å². The van der Waals surface area contributed by atoms with Crippen molar-refractivity contribution in [3.8, 4) is 11.1 Å². The summed E-state index contributed by atoms with van der Waals surface area (Å²) in [4.78, 5) is 12.4. The quantitative estimate of drug-likeness (QED) is 0.604. The Morgan fingerprint density at radius 3 is 2.75 bits per heavy atom. The number of fused-ring (bicyclic) bond motifs is 1. The van der Waals surface area contributed by atoms with E-state index >= 15 is 0 Å². The van der Waals surface area contributed by atoms with Gasteiger partial charge < -0.3 is 5.32 Å². The molecule has 1 amide bonds. The number of carbonyl (C=O) groups excluding carboxylic acids is 1. The average Bonchev–Trinajstić information content (AvgIpc) is 3.29. The molecular weight excluding hydrogens is 300 g/mol. The van der Waals surface area contributed by atoms with E-state index in [0.29, 0.717) is 6.54 Å². The van der Waals surface area contributed by atoms with Crippen molar-refractivity contribution in [1.82, 2.24) is 20.1 Å². The largest absolute Gasteiger partial charge is 0.333 e. The second kappa shape index (κ2) is 6.04. The molecule has 0 bridgehead atoms. The number of rotatable bonds is 3. The fourth-order valence-electron chi connectivity index (χ4n) is 2.77. The number of hydrogen-bond acceptors (Lipinski definition) is 2. The van der Waals surface area contributed by atoms with Gasteiger partial charge in [-0.1, -0.05) is 36.4 Å². The van der Waals surface area contributed by atoms with Crippen LogP contribution in [0.2, 0.25) is 0 Å². The molecule has 0 saturated carbocycles. The Bertz CT molecular complexity index is 971. The molecule has 0 radical (unpaired) electrons. The first-order chi connectivity index (χ1) is 11.8. The molecule has 5 nitrogen and oxygen atoms in total. The number of nitrogens with zero attached hydrogens (tertiary/aromatic N) is 2. The Hall–Kier alpha value is -3.34. The van der Waals surface area contributed by atoms with Crippen LogP contribution in [-0.2, 0) is 6.54 Å². The molecule has 2 aromatic heterocycles. The first kappa shape index (κ1) is 14.3. The maximum atomic E-state index is 12.4. The van der Waals surface area contributed by atoms with E-state index in [9.17, 15) is 4.79 Å². The highest BCUT2D eigenvalue weighted by Gasteiger charge is 2.09. The highest BCUT2D eigenvalue weighted by molar-refractivity contribution is 5.93. The van der Waals surface area contributed by atoms with Gasteiger partial charge in [0, 0.05) is 29.9 Å². The van der Waals surface area contributed by atoms with Crippen LogP contribution in [0.15, 0.2) is 73.2 Å². The minimum atomic E-state index is -0.134. The maximum Gasteiger partial charge on any atom is 0.326 e. The van der Waals surface area contributed by atoms with Crippen LogP contribution in [0.1, 0.15) is 5.56 Å². The van der Waals surface area contributed by atoms with Crippen LogP contribution in [0.4, 0.5) is 4.79 Å². The minimum Gasteiger partial charge on any atom is -0.333 e. The lowest BCUT2D eigenvalue weighted by Gasteiger charge is -2.07. The standard InChI is InChI=1S/C19H16N4O/c24-19(20-11-14-4-2-1-3-5-14)23-9-8-16-10-15(6-7-18(16)23)17-12-21-22-13-17/h1-10,12-13H,11H2,(H,20,24)(H,21,22). The Labute approximate surface area is 138 Å². The second-order valence-corrected chi connectivity index (χ2v) is 5.59. The number of amides is 1. The van der Waals surface area contributed by atoms with Crippen molar-refractivity contribution >= 4 is 16.9 Å². The lowest BCUT2D eigenvalue weighted by Crippen LogP contribution is -2.27. The van der Waals surface area contributed by atoms with Crippen LogP contribution in [0, 0.1) is 0 Å². The van der Waals surface area contributed by atoms with Crippen LogP contribution in [-0.4, -0.2) is 20.8 Å². The minimum absolute atomic E-state index is 0.134. The summed E-state index contributed by atoms with van der Waals surface area (Å²) in [5.41, 5.74) is 4.05. The molecule has 118 valence electrons. The number of benzene rings is 2. The van der Waals surface area contributed by atoms with E-state index < -0.39 is 0 Å². The van der Waals surface area contributed by atoms with E-state index in [1.807, 2.05) is 54.7 Å². The molecule has 0 spiro atoms. The molecule has 2 heterocycles. The summed E-state index contributed by atoms with van der Waals surface area (Å²) in [5.74, 6) is 0. The van der Waals surface area contributed by atoms with Gasteiger partial charge >= 0.3 is 6.03 Å². The maximum absolute atomic E-state index is 12.4. The predicted octanol–water partition coefficient (Wildman–Crippen LogP) is 3.79. The first-order valence-electron chi connectivity index (χ1n) is 7.74. The molecule has 5 heteroatoms. The van der Waals surface area contributed by atoms with E-state index in [1.54, 1.807) is 17.0 Å². The Morgan fingerprint density at radius 2 is 1.96 bits per heavy atom. The second-order valence-electron chi connectivity index (χ2n) is 5.59. The van der Waals surface area contributed by atoms with Gasteiger partial charge in [-0.3, -0.25) is 9.67 Å². The molecule has 2 aromatic carbocycles. The third-order valence-electron chi connectivity index (χ3n) is 4.03. The van der Waals surface area contributed by atoms with Crippen molar-refractivity contribution in [1.29, 1.82) is 0 Å². The molecule has 24 heavy (non-hydrogen) atoms. The van der Waals surface area contributed by atoms with Gasteiger partial charge in [0.05, 0.1) is 11.7 Å². The summed E-state index contributed by atoms with van der Waals surface area (Å²) < 4.78 is 1.64. The van der Waals surface area contributed by atoms with Crippen LogP contribution < -0.4 is 5.32 Å². The molecule has 0 aliphatic rings. The van der Waals surface area contributed by atoms with Gasteiger partial charge in [-0.05, 0) is 29.3 Å². The van der Waals surface area contributed by atoms with Gasteiger partial charge in [-0.2, -0.15) is 5.10 Å². The van der Waals surface area contributed by atoms with Crippen LogP contribution in [0.5, 0.6) is 0 Å². The number of aromatic nitrogens is 3. The van der Waals surface area contributed by atoms with Crippen LogP contribution >= 0.6 is 0 Å². The predicted molar refractivity (Wildman–Crippen MR) is 93.6 cm³/mol. The molecule has 0 atom stereocenters. The Morgan fingerprint density at radius 1 is 1.08 bits per heavy atom. The van der Waals surface area contributed by atoms with Crippen molar-refractivity contribution in [3.05, 3.63) is 78.8 Å². The van der Waals surface area contributed by atoms with Crippen molar-refractivity contribution in [2.24, 2.45) is 0 Å². The normalized spacial score (nSPS) is 10.8. The van der Waals surface area contributed by atoms with E-state index in [2.05, 4.69) is 21.6 Å². The van der Waals surface area contributed by atoms with Gasteiger partial charge in [0.15, 0.2) is 0 Å². The summed E-state index contributed by atoms with van der Waals surface area (Å²) in [5, 5.41) is 10.7. The third-order valence-corrected chi connectivity index (χ3v) is 4.03. The molecule has 4 rings (SSSR count). The summed E-state index contributed by atoms with van der Waals surface area (Å²) in [7, 11) is 0. The monoisotopic (exact) mass is 316 g/mol. The summed E-state index contributed by atoms with van der Waals surface area (Å²) in [6.07, 6.45) is 5.43. The molecule has 0 unspecified atom stereocenters. The van der Waals surface area contributed by atoms with Crippen LogP contribution in [0.25, 0.3) is 22.0 Å². The lowest BCUT2D eigenvalue weighted by atomic mass is 10.1. The SMILES string of the molecule is O=C(NCc1ccccc1)n1ccc2cc(-c3cn[nH]c3)ccc21. The van der Waals surface area contributed by atoms with Gasteiger partial charge in [-0.25, -0.2) is 4.79 Å². The third kappa shape index (κ3) is 2.67. The number of hydrogen-bond donors (Lipinski definition) is 2. The van der Waals surface area contributed by atoms with Crippen LogP contribution in [0.3, 0.4) is 0 Å². The van der Waals surface area contributed by atoms with Gasteiger partial charge in [-0.15, -0.1) is 0 Å². The highest BCUT2D eigenvalue weighted by Crippen LogP contribution is 2.24. The fraction of sp³-hybridized carbons (Fsp3) is 0.0526. The first-order valence-corrected chi connectivity index (χ1v) is 7.74. The Kier molecular flexibility index (Phi) is 3.59. The lowest BCUT2D eigenvalue weighted by molar-refractivity contribution is 0.243. The summed E-state index contributed by atoms with van der Waals surface area (Å²) >= 11 is 0. The Balaban J connectivity index is 1.57. The number of nitrogens with one attached hydrogen (secondary N) is 2. The van der Waals surface area contributed by atoms with E-state index in [1.165, 1.54) is 0 Å².